The van der Waals surface area contributed by atoms with Crippen LogP contribution in [0.1, 0.15) is 38.3 Å². The van der Waals surface area contributed by atoms with Crippen molar-refractivity contribution in [2.45, 2.75) is 32.3 Å². The standard InChI is InChI=1S/C22H21Cl3N2O4S/c1-11-8-16(19(25)12(2)21(11)32(5,29)30)20(28)18-13(3)26-27(4)22(18)31-10-14-6-7-15(23)9-17(14)24/h6-9H,10H2,1-5H3. The molecule has 0 fully saturated rings. The number of carbonyl (C=O) groups is 1. The predicted octanol–water partition coefficient (Wildman–Crippen LogP) is 5.52. The lowest BCUT2D eigenvalue weighted by molar-refractivity contribution is 0.103. The average molecular weight is 516 g/mol. The number of nitrogens with zero attached hydrogens (tertiary/aromatic N) is 2. The van der Waals surface area contributed by atoms with Gasteiger partial charge in [0.05, 0.1) is 15.6 Å². The number of ether oxygens (including phenoxy) is 1. The Labute approximate surface area is 202 Å². The third-order valence-electron chi connectivity index (χ3n) is 5.02. The molecule has 0 saturated carbocycles. The molecule has 0 saturated heterocycles. The lowest BCUT2D eigenvalue weighted by Crippen LogP contribution is -2.11. The molecule has 3 rings (SSSR count). The molecule has 6 nitrogen and oxygen atoms in total. The van der Waals surface area contributed by atoms with Crippen LogP contribution in [-0.4, -0.2) is 30.2 Å². The van der Waals surface area contributed by atoms with Crippen LogP contribution in [0.2, 0.25) is 15.1 Å². The van der Waals surface area contributed by atoms with Gasteiger partial charge in [0.15, 0.2) is 9.84 Å². The summed E-state index contributed by atoms with van der Waals surface area (Å²) in [6.07, 6.45) is 1.11. The molecule has 0 N–H and O–H groups in total. The first kappa shape index (κ1) is 24.6. The highest BCUT2D eigenvalue weighted by molar-refractivity contribution is 7.90. The maximum atomic E-state index is 13.5. The summed E-state index contributed by atoms with van der Waals surface area (Å²) in [4.78, 5) is 13.6. The van der Waals surface area contributed by atoms with E-state index in [1.165, 1.54) is 10.7 Å². The Morgan fingerprint density at radius 1 is 1.12 bits per heavy atom. The maximum Gasteiger partial charge on any atom is 0.223 e. The summed E-state index contributed by atoms with van der Waals surface area (Å²) in [6, 6.07) is 6.53. The summed E-state index contributed by atoms with van der Waals surface area (Å²) >= 11 is 18.6. The van der Waals surface area contributed by atoms with Crippen LogP contribution in [0.15, 0.2) is 29.2 Å². The second kappa shape index (κ2) is 9.06. The molecule has 0 spiro atoms. The zero-order valence-corrected chi connectivity index (χ0v) is 21.2. The molecule has 170 valence electrons. The summed E-state index contributed by atoms with van der Waals surface area (Å²) in [5.74, 6) is -0.166. The van der Waals surface area contributed by atoms with Crippen LogP contribution in [-0.2, 0) is 23.5 Å². The SMILES string of the molecule is Cc1cc(C(=O)c2c(C)nn(C)c2OCc2ccc(Cl)cc2Cl)c(Cl)c(C)c1S(C)(=O)=O. The number of ketones is 1. The number of hydrogen-bond acceptors (Lipinski definition) is 5. The first-order valence-electron chi connectivity index (χ1n) is 9.47. The van der Waals surface area contributed by atoms with Crippen molar-refractivity contribution < 1.29 is 17.9 Å². The average Bonchev–Trinajstić information content (AvgIpc) is 2.95. The lowest BCUT2D eigenvalue weighted by atomic mass is 9.99. The largest absolute Gasteiger partial charge is 0.472 e. The molecule has 0 aliphatic rings. The number of halogens is 3. The van der Waals surface area contributed by atoms with E-state index in [-0.39, 0.29) is 33.5 Å². The normalized spacial score (nSPS) is 11.6. The molecule has 0 atom stereocenters. The van der Waals surface area contributed by atoms with E-state index in [9.17, 15) is 13.2 Å². The molecular formula is C22H21Cl3N2O4S. The topological polar surface area (TPSA) is 78.3 Å². The Hall–Kier alpha value is -2.06. The Balaban J connectivity index is 2.05. The number of hydrogen-bond donors (Lipinski definition) is 0. The molecule has 32 heavy (non-hydrogen) atoms. The monoisotopic (exact) mass is 514 g/mol. The van der Waals surface area contributed by atoms with E-state index in [4.69, 9.17) is 39.5 Å². The zero-order valence-electron chi connectivity index (χ0n) is 18.1. The van der Waals surface area contributed by atoms with Crippen LogP contribution in [0.4, 0.5) is 0 Å². The molecule has 3 aromatic rings. The van der Waals surface area contributed by atoms with Gasteiger partial charge in [-0.1, -0.05) is 40.9 Å². The van der Waals surface area contributed by atoms with Crippen molar-refractivity contribution in [1.29, 1.82) is 0 Å². The minimum atomic E-state index is -3.51. The molecule has 0 unspecified atom stereocenters. The minimum absolute atomic E-state index is 0.0796. The van der Waals surface area contributed by atoms with Crippen molar-refractivity contribution in [2.75, 3.05) is 6.26 Å². The minimum Gasteiger partial charge on any atom is -0.472 e. The van der Waals surface area contributed by atoms with Crippen LogP contribution < -0.4 is 4.74 Å². The highest BCUT2D eigenvalue weighted by atomic mass is 35.5. The second-order valence-corrected chi connectivity index (χ2v) is 10.7. The first-order valence-corrected chi connectivity index (χ1v) is 12.5. The van der Waals surface area contributed by atoms with E-state index >= 15 is 0 Å². The smallest absolute Gasteiger partial charge is 0.223 e. The molecule has 1 aromatic heterocycles. The summed E-state index contributed by atoms with van der Waals surface area (Å²) in [7, 11) is -1.85. The number of aryl methyl sites for hydroxylation is 3. The van der Waals surface area contributed by atoms with Crippen LogP contribution >= 0.6 is 34.8 Å². The molecule has 0 amide bonds. The molecule has 1 heterocycles. The molecule has 0 radical (unpaired) electrons. The highest BCUT2D eigenvalue weighted by Gasteiger charge is 2.28. The van der Waals surface area contributed by atoms with Crippen molar-refractivity contribution in [3.05, 3.63) is 72.8 Å². The third-order valence-corrected chi connectivity index (χ3v) is 7.46. The first-order chi connectivity index (χ1) is 14.8. The van der Waals surface area contributed by atoms with Crippen LogP contribution in [0, 0.1) is 20.8 Å². The maximum absolute atomic E-state index is 13.5. The number of carbonyl (C=O) groups excluding carboxylic acids is 1. The van der Waals surface area contributed by atoms with Gasteiger partial charge in [-0.05, 0) is 50.1 Å². The molecule has 0 aliphatic carbocycles. The Morgan fingerprint density at radius 3 is 2.38 bits per heavy atom. The summed E-state index contributed by atoms with van der Waals surface area (Å²) in [5.41, 5.74) is 2.33. The van der Waals surface area contributed by atoms with Gasteiger partial charge in [0.1, 0.15) is 12.2 Å². The lowest BCUT2D eigenvalue weighted by Gasteiger charge is -2.14. The van der Waals surface area contributed by atoms with Gasteiger partial charge in [-0.25, -0.2) is 13.1 Å². The molecule has 2 aromatic carbocycles. The van der Waals surface area contributed by atoms with Gasteiger partial charge in [-0.3, -0.25) is 4.79 Å². The van der Waals surface area contributed by atoms with E-state index in [1.54, 1.807) is 46.0 Å². The van der Waals surface area contributed by atoms with Crippen LogP contribution in [0.3, 0.4) is 0 Å². The Morgan fingerprint density at radius 2 is 1.78 bits per heavy atom. The number of sulfone groups is 1. The van der Waals surface area contributed by atoms with E-state index < -0.39 is 15.6 Å². The van der Waals surface area contributed by atoms with Crippen molar-refractivity contribution in [2.24, 2.45) is 7.05 Å². The fourth-order valence-electron chi connectivity index (χ4n) is 3.66. The van der Waals surface area contributed by atoms with Gasteiger partial charge in [0.25, 0.3) is 0 Å². The van der Waals surface area contributed by atoms with Gasteiger partial charge in [0.2, 0.25) is 11.7 Å². The molecule has 10 heteroatoms. The van der Waals surface area contributed by atoms with Crippen molar-refractivity contribution in [1.82, 2.24) is 9.78 Å². The fourth-order valence-corrected chi connectivity index (χ4v) is 5.72. The highest BCUT2D eigenvalue weighted by Crippen LogP contribution is 2.34. The number of aromatic nitrogens is 2. The summed E-state index contributed by atoms with van der Waals surface area (Å²) in [5, 5.41) is 5.34. The summed E-state index contributed by atoms with van der Waals surface area (Å²) in [6.45, 7) is 4.99. The Kier molecular flexibility index (Phi) is 6.96. The predicted molar refractivity (Wildman–Crippen MR) is 126 cm³/mol. The van der Waals surface area contributed by atoms with Crippen molar-refractivity contribution in [3.63, 3.8) is 0 Å². The van der Waals surface area contributed by atoms with E-state index in [0.717, 1.165) is 6.26 Å². The van der Waals surface area contributed by atoms with Crippen molar-refractivity contribution in [3.8, 4) is 5.88 Å². The second-order valence-electron chi connectivity index (χ2n) is 7.52. The van der Waals surface area contributed by atoms with Crippen LogP contribution in [0.25, 0.3) is 0 Å². The van der Waals surface area contributed by atoms with Gasteiger partial charge >= 0.3 is 0 Å². The molecular weight excluding hydrogens is 495 g/mol. The van der Waals surface area contributed by atoms with Gasteiger partial charge in [-0.15, -0.1) is 0 Å². The Bertz CT molecular complexity index is 1350. The van der Waals surface area contributed by atoms with Crippen molar-refractivity contribution >= 4 is 50.4 Å². The van der Waals surface area contributed by atoms with E-state index in [2.05, 4.69) is 5.10 Å². The van der Waals surface area contributed by atoms with E-state index in [1.807, 2.05) is 0 Å². The van der Waals surface area contributed by atoms with Gasteiger partial charge in [-0.2, -0.15) is 5.10 Å². The van der Waals surface area contributed by atoms with Crippen LogP contribution in [0.5, 0.6) is 5.88 Å². The fraction of sp³-hybridized carbons (Fsp3) is 0.273. The molecule has 0 aliphatic heterocycles. The van der Waals surface area contributed by atoms with Gasteiger partial charge < -0.3 is 4.74 Å². The van der Waals surface area contributed by atoms with Gasteiger partial charge in [0, 0.05) is 34.5 Å². The number of rotatable bonds is 6. The molecule has 0 bridgehead atoms. The quantitative estimate of drug-likeness (QED) is 0.404. The zero-order chi connectivity index (χ0) is 24.0. The van der Waals surface area contributed by atoms with E-state index in [0.29, 0.717) is 32.4 Å². The third kappa shape index (κ3) is 4.66. The number of benzene rings is 2. The summed E-state index contributed by atoms with van der Waals surface area (Å²) < 4.78 is 31.7.